The van der Waals surface area contributed by atoms with Gasteiger partial charge in [0.05, 0.1) is 12.1 Å². The van der Waals surface area contributed by atoms with Crippen LogP contribution in [0.2, 0.25) is 0 Å². The molecule has 0 aliphatic carbocycles. The summed E-state index contributed by atoms with van der Waals surface area (Å²) >= 11 is 0. The monoisotopic (exact) mass is 431 g/mol. The molecule has 7 nitrogen and oxygen atoms in total. The van der Waals surface area contributed by atoms with Crippen LogP contribution in [0.3, 0.4) is 0 Å². The number of aliphatic hydroxyl groups is 1. The van der Waals surface area contributed by atoms with Crippen LogP contribution >= 0.6 is 7.49 Å². The Balaban J connectivity index is 2.16. The van der Waals surface area contributed by atoms with Crippen LogP contribution in [0.4, 0.5) is 8.78 Å². The highest BCUT2D eigenvalue weighted by molar-refractivity contribution is 7.62. The number of alkyl halides is 2. The Morgan fingerprint density at radius 2 is 2.03 bits per heavy atom. The van der Waals surface area contributed by atoms with Crippen LogP contribution in [0.5, 0.6) is 5.75 Å². The lowest BCUT2D eigenvalue weighted by Gasteiger charge is -2.31. The zero-order valence-electron chi connectivity index (χ0n) is 16.5. The second-order valence-electron chi connectivity index (χ2n) is 6.95. The number of carbonyl (C=O) groups is 1. The van der Waals surface area contributed by atoms with Crippen LogP contribution < -0.4 is 9.61 Å². The number of para-hydroxylation sites is 1. The molecule has 0 aromatic heterocycles. The van der Waals surface area contributed by atoms with E-state index in [1.165, 1.54) is 6.92 Å². The second kappa shape index (κ2) is 9.58. The van der Waals surface area contributed by atoms with Crippen LogP contribution in [-0.4, -0.2) is 68.1 Å². The molecule has 2 radical (unpaired) electrons. The number of halogens is 2. The van der Waals surface area contributed by atoms with Crippen molar-refractivity contribution >= 4 is 27.6 Å². The fourth-order valence-electron chi connectivity index (χ4n) is 2.51. The van der Waals surface area contributed by atoms with Crippen molar-refractivity contribution in [2.24, 2.45) is 0 Å². The van der Waals surface area contributed by atoms with E-state index >= 15 is 0 Å². The molecule has 1 saturated heterocycles. The van der Waals surface area contributed by atoms with Crippen LogP contribution in [0.1, 0.15) is 20.8 Å². The molecule has 6 atom stereocenters. The van der Waals surface area contributed by atoms with Gasteiger partial charge in [0.2, 0.25) is 7.49 Å². The van der Waals surface area contributed by atoms with E-state index in [1.54, 1.807) is 44.2 Å². The lowest BCUT2D eigenvalue weighted by molar-refractivity contribution is -0.181. The number of aliphatic hydroxyl groups excluding tert-OH is 1. The van der Waals surface area contributed by atoms with Gasteiger partial charge in [-0.05, 0) is 39.2 Å². The van der Waals surface area contributed by atoms with Crippen molar-refractivity contribution in [3.05, 3.63) is 30.3 Å². The van der Waals surface area contributed by atoms with Gasteiger partial charge in [-0.15, -0.1) is 0 Å². The summed E-state index contributed by atoms with van der Waals surface area (Å²) in [6.07, 6.45) is -0.776. The number of rotatable bonds is 9. The smallest absolute Gasteiger partial charge is 0.323 e. The SMILES string of the molecule is [B][C@@H]1O[C@](F)(COP(=C)(NC(C)C(=O)OC(C)C)Oc2ccccc2)[C@@H](O)[C@H]1F. The molecule has 1 aromatic carbocycles. The van der Waals surface area contributed by atoms with Gasteiger partial charge in [0.1, 0.15) is 38.5 Å². The van der Waals surface area contributed by atoms with E-state index in [0.29, 0.717) is 5.75 Å². The van der Waals surface area contributed by atoms with Crippen molar-refractivity contribution in [2.45, 2.75) is 57.1 Å². The van der Waals surface area contributed by atoms with Crippen molar-refractivity contribution in [1.82, 2.24) is 5.09 Å². The first-order chi connectivity index (χ1) is 13.5. The first-order valence-corrected chi connectivity index (χ1v) is 10.8. The summed E-state index contributed by atoms with van der Waals surface area (Å²) in [7, 11) is 1.91. The van der Waals surface area contributed by atoms with E-state index in [4.69, 9.17) is 26.4 Å². The summed E-state index contributed by atoms with van der Waals surface area (Å²) < 4.78 is 49.6. The predicted octanol–water partition coefficient (Wildman–Crippen LogP) is 2.10. The number of carbonyl (C=O) groups excluding carboxylic acids is 1. The Labute approximate surface area is 170 Å². The van der Waals surface area contributed by atoms with Gasteiger partial charge in [0.25, 0.3) is 5.85 Å². The summed E-state index contributed by atoms with van der Waals surface area (Å²) in [5.74, 6) is -3.15. The van der Waals surface area contributed by atoms with E-state index in [1.807, 2.05) is 0 Å². The molecule has 0 bridgehead atoms. The number of ether oxygens (including phenoxy) is 2. The molecule has 1 heterocycles. The molecule has 1 aliphatic heterocycles. The molecule has 1 aromatic rings. The van der Waals surface area contributed by atoms with Gasteiger partial charge in [-0.1, -0.05) is 18.2 Å². The molecule has 0 saturated carbocycles. The minimum absolute atomic E-state index is 0.341. The fourth-order valence-corrected chi connectivity index (χ4v) is 4.24. The molecular weight excluding hydrogens is 406 g/mol. The van der Waals surface area contributed by atoms with E-state index in [0.717, 1.165) is 0 Å². The molecule has 29 heavy (non-hydrogen) atoms. The Kier molecular flexibility index (Phi) is 7.87. The van der Waals surface area contributed by atoms with E-state index < -0.39 is 50.2 Å². The first-order valence-electron chi connectivity index (χ1n) is 9.01. The van der Waals surface area contributed by atoms with Gasteiger partial charge in [-0.25, -0.2) is 13.9 Å². The van der Waals surface area contributed by atoms with Crippen molar-refractivity contribution in [1.29, 1.82) is 0 Å². The maximum Gasteiger partial charge on any atom is 0.323 e. The molecule has 2 rings (SSSR count). The minimum Gasteiger partial charge on any atom is -0.462 e. The van der Waals surface area contributed by atoms with Crippen molar-refractivity contribution in [2.75, 3.05) is 6.61 Å². The minimum atomic E-state index is -3.40. The molecule has 1 fully saturated rings. The number of esters is 1. The maximum atomic E-state index is 14.8. The standard InChI is InChI=1S/C18H25BF2NO6P/c1-11(2)26-17(24)12(3)22-29(4,28-13-8-6-5-7-9-13)25-10-18(21)15(23)14(20)16(19)27-18/h5-9,11-12,14-16,22-23H,4,10H2,1-3H3/t12?,14-,15+,16-,18-,29?/m1/s1. The van der Waals surface area contributed by atoms with Gasteiger partial charge in [-0.2, -0.15) is 0 Å². The maximum absolute atomic E-state index is 14.8. The highest BCUT2D eigenvalue weighted by Gasteiger charge is 2.55. The Bertz CT molecular complexity index is 742. The summed E-state index contributed by atoms with van der Waals surface area (Å²) in [4.78, 5) is 12.1. The average molecular weight is 431 g/mol. The molecule has 1 aliphatic rings. The second-order valence-corrected chi connectivity index (χ2v) is 8.99. The lowest BCUT2D eigenvalue weighted by atomic mass is 9.94. The average Bonchev–Trinajstić information content (AvgIpc) is 2.84. The number of hydrogen-bond acceptors (Lipinski definition) is 7. The Hall–Kier alpha value is -1.45. The topological polar surface area (TPSA) is 86.3 Å². The summed E-state index contributed by atoms with van der Waals surface area (Å²) in [5, 5.41) is 12.5. The summed E-state index contributed by atoms with van der Waals surface area (Å²) in [6, 6.07) is 5.83. The van der Waals surface area contributed by atoms with Crippen molar-refractivity contribution in [3.63, 3.8) is 0 Å². The summed E-state index contributed by atoms with van der Waals surface area (Å²) in [6.45, 7) is 3.96. The number of hydrogen-bond donors (Lipinski definition) is 2. The fraction of sp³-hybridized carbons (Fsp3) is 0.556. The number of benzene rings is 1. The molecular formula is C18H25BF2NO6P. The van der Waals surface area contributed by atoms with Crippen molar-refractivity contribution in [3.8, 4) is 5.75 Å². The summed E-state index contributed by atoms with van der Waals surface area (Å²) in [5.41, 5.74) is 0. The van der Waals surface area contributed by atoms with Crippen LogP contribution in [-0.2, 0) is 18.8 Å². The first kappa shape index (κ1) is 23.8. The lowest BCUT2D eigenvalue weighted by Crippen LogP contribution is -2.43. The molecule has 0 amide bonds. The van der Waals surface area contributed by atoms with Gasteiger partial charge in [-0.3, -0.25) is 4.79 Å². The quantitative estimate of drug-likeness (QED) is 0.352. The van der Waals surface area contributed by atoms with Crippen LogP contribution in [0.25, 0.3) is 0 Å². The van der Waals surface area contributed by atoms with E-state index in [2.05, 4.69) is 11.4 Å². The van der Waals surface area contributed by atoms with E-state index in [-0.39, 0.29) is 6.10 Å². The third-order valence-electron chi connectivity index (χ3n) is 3.95. The third-order valence-corrected chi connectivity index (χ3v) is 5.78. The molecule has 11 heteroatoms. The largest absolute Gasteiger partial charge is 0.462 e. The molecule has 0 spiro atoms. The highest BCUT2D eigenvalue weighted by atomic mass is 31.2. The predicted molar refractivity (Wildman–Crippen MR) is 106 cm³/mol. The molecule has 2 unspecified atom stereocenters. The van der Waals surface area contributed by atoms with E-state index in [9.17, 15) is 18.7 Å². The normalized spacial score (nSPS) is 30.0. The highest BCUT2D eigenvalue weighted by Crippen LogP contribution is 2.47. The van der Waals surface area contributed by atoms with Crippen LogP contribution in [0.15, 0.2) is 30.3 Å². The zero-order valence-corrected chi connectivity index (χ0v) is 17.4. The van der Waals surface area contributed by atoms with Gasteiger partial charge in [0.15, 0.2) is 0 Å². The van der Waals surface area contributed by atoms with Gasteiger partial charge < -0.3 is 23.6 Å². The number of nitrogens with one attached hydrogen (secondary N) is 1. The molecule has 160 valence electrons. The third kappa shape index (κ3) is 6.26. The Morgan fingerprint density at radius 1 is 1.41 bits per heavy atom. The Morgan fingerprint density at radius 3 is 2.55 bits per heavy atom. The van der Waals surface area contributed by atoms with Gasteiger partial charge >= 0.3 is 5.97 Å². The van der Waals surface area contributed by atoms with Crippen LogP contribution in [0, 0.1) is 0 Å². The van der Waals surface area contributed by atoms with Gasteiger partial charge in [0, 0.05) is 0 Å². The molecule has 2 N–H and O–H groups in total. The zero-order chi connectivity index (χ0) is 21.8. The van der Waals surface area contributed by atoms with Crippen molar-refractivity contribution < 1.29 is 37.2 Å².